The fraction of sp³-hybridized carbons (Fsp3) is 0.0204. The molecule has 0 radical (unpaired) electrons. The molecule has 0 unspecified atom stereocenters. The van der Waals surface area contributed by atoms with Crippen molar-refractivity contribution in [2.24, 2.45) is 0 Å². The van der Waals surface area contributed by atoms with Gasteiger partial charge >= 0.3 is 0 Å². The third-order valence-corrected chi connectivity index (χ3v) is 10.8. The van der Waals surface area contributed by atoms with Crippen LogP contribution in [0, 0.1) is 11.3 Å². The third-order valence-electron chi connectivity index (χ3n) is 10.8. The van der Waals surface area contributed by atoms with Crippen LogP contribution in [0.2, 0.25) is 0 Å². The fourth-order valence-corrected chi connectivity index (χ4v) is 8.62. The number of hydrogen-bond donors (Lipinski definition) is 0. The first kappa shape index (κ1) is 30.6. The number of benzene rings is 7. The van der Waals surface area contributed by atoms with Gasteiger partial charge in [-0.1, -0.05) is 133 Å². The summed E-state index contributed by atoms with van der Waals surface area (Å²) in [6.45, 7) is 0. The number of para-hydroxylation sites is 3. The predicted octanol–water partition coefficient (Wildman–Crippen LogP) is 11.9. The van der Waals surface area contributed by atoms with Gasteiger partial charge < -0.3 is 9.47 Å². The van der Waals surface area contributed by atoms with Crippen molar-refractivity contribution in [3.8, 4) is 22.9 Å². The van der Waals surface area contributed by atoms with Crippen LogP contribution >= 0.6 is 0 Å². The first-order valence-corrected chi connectivity index (χ1v) is 17.9. The van der Waals surface area contributed by atoms with Crippen LogP contribution in [0.5, 0.6) is 0 Å². The van der Waals surface area contributed by atoms with Crippen LogP contribution in [0.3, 0.4) is 0 Å². The molecule has 3 heterocycles. The number of anilines is 3. The average molecular weight is 677 g/mol. The highest BCUT2D eigenvalue weighted by Gasteiger charge is 2.46. The van der Waals surface area contributed by atoms with Gasteiger partial charge in [-0.2, -0.15) is 5.26 Å². The van der Waals surface area contributed by atoms with Crippen LogP contribution in [-0.4, -0.2) is 9.55 Å². The topological polar surface area (TPSA) is 44.9 Å². The molecular formula is C49H32N4. The van der Waals surface area contributed by atoms with E-state index in [2.05, 4.69) is 178 Å². The van der Waals surface area contributed by atoms with Crippen LogP contribution in [0.4, 0.5) is 17.1 Å². The number of nitriles is 1. The van der Waals surface area contributed by atoms with E-state index in [4.69, 9.17) is 0 Å². The lowest BCUT2D eigenvalue weighted by Gasteiger charge is -2.46. The van der Waals surface area contributed by atoms with Gasteiger partial charge in [0.15, 0.2) is 0 Å². The Bertz CT molecular complexity index is 2720. The standard InChI is InChI=1S/C49H32N4/c50-32-34-15-7-8-20-40(34)35-29-38(52-45-24-12-9-21-41(45)42-33-51-28-27-46(42)52)31-39(30-35)53-47-25-13-10-22-43(47)49(36-16-3-1-4-17-36,37-18-5-2-6-19-37)44-23-11-14-26-48(44)53/h1-31,33H. The average Bonchev–Trinajstić information content (AvgIpc) is 3.57. The molecule has 0 saturated carbocycles. The van der Waals surface area contributed by atoms with E-state index in [9.17, 15) is 5.26 Å². The molecule has 53 heavy (non-hydrogen) atoms. The van der Waals surface area contributed by atoms with Gasteiger partial charge in [0.05, 0.1) is 39.5 Å². The second kappa shape index (κ2) is 12.2. The minimum Gasteiger partial charge on any atom is -0.310 e. The van der Waals surface area contributed by atoms with Gasteiger partial charge in [0, 0.05) is 34.5 Å². The highest BCUT2D eigenvalue weighted by atomic mass is 15.2. The molecule has 1 aliphatic rings. The van der Waals surface area contributed by atoms with Crippen molar-refractivity contribution in [3.05, 3.63) is 222 Å². The largest absolute Gasteiger partial charge is 0.310 e. The molecule has 0 bridgehead atoms. The van der Waals surface area contributed by atoms with Crippen molar-refractivity contribution in [1.82, 2.24) is 9.55 Å². The summed E-state index contributed by atoms with van der Waals surface area (Å²) >= 11 is 0. The molecule has 0 aliphatic carbocycles. The van der Waals surface area contributed by atoms with Crippen molar-refractivity contribution in [3.63, 3.8) is 0 Å². The van der Waals surface area contributed by atoms with Crippen molar-refractivity contribution in [2.45, 2.75) is 5.41 Å². The van der Waals surface area contributed by atoms with Crippen molar-refractivity contribution < 1.29 is 0 Å². The Kier molecular flexibility index (Phi) is 7.06. The van der Waals surface area contributed by atoms with Crippen LogP contribution in [0.15, 0.2) is 194 Å². The monoisotopic (exact) mass is 676 g/mol. The molecular weight excluding hydrogens is 645 g/mol. The Hall–Kier alpha value is -7.22. The molecule has 1 aliphatic heterocycles. The van der Waals surface area contributed by atoms with Gasteiger partial charge in [0.25, 0.3) is 0 Å². The number of fused-ring (bicyclic) bond motifs is 5. The molecule has 2 aromatic heterocycles. The van der Waals surface area contributed by atoms with Crippen LogP contribution in [0.1, 0.15) is 27.8 Å². The summed E-state index contributed by atoms with van der Waals surface area (Å²) in [7, 11) is 0. The normalized spacial score (nSPS) is 13.0. The van der Waals surface area contributed by atoms with Gasteiger partial charge in [-0.15, -0.1) is 0 Å². The summed E-state index contributed by atoms with van der Waals surface area (Å²) in [4.78, 5) is 6.91. The SMILES string of the molecule is N#Cc1ccccc1-c1cc(N2c3ccccc3C(c3ccccc3)(c3ccccc3)c3ccccc32)cc(-n2c3ccccc3c3cnccc32)c1. The number of nitrogens with zero attached hydrogens (tertiary/aromatic N) is 4. The number of hydrogen-bond acceptors (Lipinski definition) is 3. The van der Waals surface area contributed by atoms with Crippen molar-refractivity contribution >= 4 is 38.9 Å². The summed E-state index contributed by atoms with van der Waals surface area (Å²) in [6, 6.07) is 67.1. The molecule has 0 saturated heterocycles. The molecule has 4 nitrogen and oxygen atoms in total. The Morgan fingerprint density at radius 2 is 1.08 bits per heavy atom. The molecule has 0 spiro atoms. The minimum absolute atomic E-state index is 0.570. The van der Waals surface area contributed by atoms with Gasteiger partial charge in [0.2, 0.25) is 0 Å². The Balaban J connectivity index is 1.31. The van der Waals surface area contributed by atoms with E-state index in [0.29, 0.717) is 5.56 Å². The maximum absolute atomic E-state index is 10.3. The Labute approximate surface area is 308 Å². The summed E-state index contributed by atoms with van der Waals surface area (Å²) in [5.41, 5.74) is 13.1. The second-order valence-corrected chi connectivity index (χ2v) is 13.5. The maximum atomic E-state index is 10.3. The lowest BCUT2D eigenvalue weighted by Crippen LogP contribution is -2.37. The molecule has 0 fully saturated rings. The van der Waals surface area contributed by atoms with E-state index in [1.54, 1.807) is 0 Å². The predicted molar refractivity (Wildman–Crippen MR) is 215 cm³/mol. The molecule has 248 valence electrons. The van der Waals surface area contributed by atoms with Crippen molar-refractivity contribution in [2.75, 3.05) is 4.90 Å². The van der Waals surface area contributed by atoms with Gasteiger partial charge in [-0.25, -0.2) is 0 Å². The zero-order valence-electron chi connectivity index (χ0n) is 28.8. The minimum atomic E-state index is -0.570. The number of aromatic nitrogens is 2. The van der Waals surface area contributed by atoms with Crippen LogP contribution in [0.25, 0.3) is 38.6 Å². The van der Waals surface area contributed by atoms with Crippen LogP contribution < -0.4 is 4.90 Å². The molecule has 0 amide bonds. The summed E-state index contributed by atoms with van der Waals surface area (Å²) in [5, 5.41) is 12.5. The summed E-state index contributed by atoms with van der Waals surface area (Å²) in [6.07, 6.45) is 3.81. The molecule has 0 N–H and O–H groups in total. The zero-order chi connectivity index (χ0) is 35.4. The molecule has 10 rings (SSSR count). The smallest absolute Gasteiger partial charge is 0.0998 e. The lowest BCUT2D eigenvalue weighted by atomic mass is 9.62. The van der Waals surface area contributed by atoms with Gasteiger partial charge in [0.1, 0.15) is 0 Å². The zero-order valence-corrected chi connectivity index (χ0v) is 28.8. The number of pyridine rings is 1. The Morgan fingerprint density at radius 1 is 0.509 bits per heavy atom. The Morgan fingerprint density at radius 3 is 1.77 bits per heavy atom. The first-order valence-electron chi connectivity index (χ1n) is 17.9. The molecule has 7 aromatic carbocycles. The maximum Gasteiger partial charge on any atom is 0.0998 e. The summed E-state index contributed by atoms with van der Waals surface area (Å²) in [5.74, 6) is 0. The molecule has 4 heteroatoms. The van der Waals surface area contributed by atoms with Gasteiger partial charge in [-0.3, -0.25) is 4.98 Å². The highest BCUT2D eigenvalue weighted by molar-refractivity contribution is 6.09. The third kappa shape index (κ3) is 4.58. The van der Waals surface area contributed by atoms with E-state index in [1.165, 1.54) is 22.3 Å². The lowest BCUT2D eigenvalue weighted by molar-refractivity contribution is 0.731. The van der Waals surface area contributed by atoms with E-state index in [-0.39, 0.29) is 0 Å². The molecule has 0 atom stereocenters. The van der Waals surface area contributed by atoms with Gasteiger partial charge in [-0.05, 0) is 81.9 Å². The van der Waals surface area contributed by atoms with E-state index >= 15 is 0 Å². The first-order chi connectivity index (χ1) is 26.3. The van der Waals surface area contributed by atoms with Crippen LogP contribution in [-0.2, 0) is 5.41 Å². The fourth-order valence-electron chi connectivity index (χ4n) is 8.62. The van der Waals surface area contributed by atoms with E-state index < -0.39 is 5.41 Å². The second-order valence-electron chi connectivity index (χ2n) is 13.5. The summed E-state index contributed by atoms with van der Waals surface area (Å²) < 4.78 is 2.33. The quantitative estimate of drug-likeness (QED) is 0.182. The molecule has 9 aromatic rings. The van der Waals surface area contributed by atoms with Crippen molar-refractivity contribution in [1.29, 1.82) is 5.26 Å². The number of rotatable bonds is 5. The highest BCUT2D eigenvalue weighted by Crippen LogP contribution is 2.58. The van der Waals surface area contributed by atoms with E-state index in [1.807, 2.05) is 36.7 Å². The van der Waals surface area contributed by atoms with E-state index in [0.717, 1.165) is 55.7 Å².